The predicted octanol–water partition coefficient (Wildman–Crippen LogP) is 4.68. The molecule has 9 heteroatoms. The molecule has 1 atom stereocenters. The molecule has 1 N–H and O–H groups in total. The highest BCUT2D eigenvalue weighted by atomic mass is 32.2. The Labute approximate surface area is 156 Å². The highest BCUT2D eigenvalue weighted by Gasteiger charge is 2.30. The lowest BCUT2D eigenvalue weighted by molar-refractivity contribution is -0.137. The minimum Gasteiger partial charge on any atom is -0.348 e. The van der Waals surface area contributed by atoms with Crippen LogP contribution in [0.5, 0.6) is 0 Å². The fourth-order valence-corrected chi connectivity index (χ4v) is 4.34. The molecule has 1 aromatic heterocycles. The zero-order valence-electron chi connectivity index (χ0n) is 13.3. The highest BCUT2D eigenvalue weighted by Crippen LogP contribution is 2.37. The van der Waals surface area contributed by atoms with Gasteiger partial charge < -0.3 is 5.32 Å². The summed E-state index contributed by atoms with van der Waals surface area (Å²) in [7, 11) is 0. The summed E-state index contributed by atoms with van der Waals surface area (Å²) in [5.74, 6) is 0.151. The molecule has 138 valence electrons. The van der Waals surface area contributed by atoms with Crippen LogP contribution in [0, 0.1) is 5.82 Å². The van der Waals surface area contributed by atoms with E-state index in [-0.39, 0.29) is 23.5 Å². The first kappa shape index (κ1) is 19.0. The lowest BCUT2D eigenvalue weighted by atomic mass is 10.0. The van der Waals surface area contributed by atoms with Gasteiger partial charge in [-0.2, -0.15) is 13.2 Å². The quantitative estimate of drug-likeness (QED) is 0.595. The average Bonchev–Trinajstić information content (AvgIpc) is 2.60. The number of carbonyl (C=O) groups is 1. The van der Waals surface area contributed by atoms with Crippen LogP contribution in [-0.4, -0.2) is 22.4 Å². The van der Waals surface area contributed by atoms with Gasteiger partial charge in [0.25, 0.3) is 0 Å². The summed E-state index contributed by atoms with van der Waals surface area (Å²) in [6.07, 6.45) is -3.00. The van der Waals surface area contributed by atoms with Crippen molar-refractivity contribution in [3.63, 3.8) is 0 Å². The van der Waals surface area contributed by atoms with Crippen LogP contribution in [0.25, 0.3) is 0 Å². The van der Waals surface area contributed by atoms with Crippen molar-refractivity contribution in [3.8, 4) is 0 Å². The van der Waals surface area contributed by atoms with Crippen molar-refractivity contribution >= 4 is 29.4 Å². The van der Waals surface area contributed by atoms with Gasteiger partial charge in [-0.1, -0.05) is 23.9 Å². The van der Waals surface area contributed by atoms with Gasteiger partial charge in [0.1, 0.15) is 5.82 Å². The van der Waals surface area contributed by atoms with E-state index >= 15 is 0 Å². The molecule has 2 aromatic rings. The molecule has 0 fully saturated rings. The number of halogens is 4. The van der Waals surface area contributed by atoms with Crippen LogP contribution in [0.2, 0.25) is 0 Å². The van der Waals surface area contributed by atoms with Crippen LogP contribution in [0.4, 0.5) is 17.6 Å². The van der Waals surface area contributed by atoms with Crippen LogP contribution in [-0.2, 0) is 11.0 Å². The van der Waals surface area contributed by atoms with Crippen LogP contribution < -0.4 is 5.32 Å². The van der Waals surface area contributed by atoms with Crippen molar-refractivity contribution in [2.45, 2.75) is 28.6 Å². The summed E-state index contributed by atoms with van der Waals surface area (Å²) in [5, 5.41) is 3.19. The van der Waals surface area contributed by atoms with Gasteiger partial charge in [0.2, 0.25) is 5.91 Å². The van der Waals surface area contributed by atoms with Crippen LogP contribution in [0.1, 0.15) is 23.6 Å². The van der Waals surface area contributed by atoms with Gasteiger partial charge in [-0.25, -0.2) is 9.37 Å². The van der Waals surface area contributed by atoms with Crippen molar-refractivity contribution in [1.82, 2.24) is 10.3 Å². The van der Waals surface area contributed by atoms with Gasteiger partial charge in [0, 0.05) is 16.8 Å². The number of carbonyl (C=O) groups excluding carboxylic acids is 1. The number of fused-ring (bicyclic) bond motifs is 1. The van der Waals surface area contributed by atoms with Gasteiger partial charge in [-0.05, 0) is 30.2 Å². The lowest BCUT2D eigenvalue weighted by Gasteiger charge is -2.26. The van der Waals surface area contributed by atoms with Crippen molar-refractivity contribution in [3.05, 3.63) is 53.5 Å². The number of alkyl halides is 3. The number of thioether (sulfide) groups is 2. The number of aromatic nitrogens is 1. The molecule has 0 radical (unpaired) electrons. The molecule has 2 heterocycles. The Bertz CT molecular complexity index is 796. The first-order valence-electron chi connectivity index (χ1n) is 7.71. The summed E-state index contributed by atoms with van der Waals surface area (Å²) in [6, 6.07) is 6.70. The van der Waals surface area contributed by atoms with E-state index in [4.69, 9.17) is 0 Å². The Kier molecular flexibility index (Phi) is 5.76. The van der Waals surface area contributed by atoms with Crippen LogP contribution in [0.15, 0.2) is 46.5 Å². The number of rotatable bonds is 4. The van der Waals surface area contributed by atoms with Crippen LogP contribution >= 0.6 is 23.5 Å². The normalized spacial score (nSPS) is 16.8. The van der Waals surface area contributed by atoms with E-state index in [1.165, 1.54) is 23.9 Å². The number of amides is 1. The number of hydrogen-bond acceptors (Lipinski definition) is 4. The number of nitrogens with zero attached hydrogens (tertiary/aromatic N) is 1. The Morgan fingerprint density at radius 1 is 1.31 bits per heavy atom. The number of pyridine rings is 1. The summed E-state index contributed by atoms with van der Waals surface area (Å²) < 4.78 is 51.4. The Morgan fingerprint density at radius 3 is 2.81 bits per heavy atom. The fourth-order valence-electron chi connectivity index (χ4n) is 2.55. The second-order valence-electron chi connectivity index (χ2n) is 5.59. The molecule has 1 aromatic carbocycles. The molecule has 26 heavy (non-hydrogen) atoms. The molecule has 0 saturated heterocycles. The van der Waals surface area contributed by atoms with E-state index in [1.807, 2.05) is 0 Å². The lowest BCUT2D eigenvalue weighted by Crippen LogP contribution is -2.32. The summed E-state index contributed by atoms with van der Waals surface area (Å²) >= 11 is 2.48. The maximum Gasteiger partial charge on any atom is 0.417 e. The third kappa shape index (κ3) is 4.50. The second kappa shape index (κ2) is 7.87. The van der Waals surface area contributed by atoms with E-state index in [0.717, 1.165) is 29.6 Å². The Morgan fingerprint density at radius 2 is 2.12 bits per heavy atom. The van der Waals surface area contributed by atoms with E-state index in [2.05, 4.69) is 10.3 Å². The molecule has 0 saturated carbocycles. The van der Waals surface area contributed by atoms with Gasteiger partial charge in [0.05, 0.1) is 22.4 Å². The summed E-state index contributed by atoms with van der Waals surface area (Å²) in [5.41, 5.74) is -0.0723. The molecule has 3 nitrogen and oxygen atoms in total. The van der Waals surface area contributed by atoms with Crippen molar-refractivity contribution in [2.24, 2.45) is 0 Å². The van der Waals surface area contributed by atoms with Gasteiger partial charge >= 0.3 is 6.18 Å². The summed E-state index contributed by atoms with van der Waals surface area (Å²) in [4.78, 5) is 16.4. The van der Waals surface area contributed by atoms with Crippen LogP contribution in [0.3, 0.4) is 0 Å². The predicted molar refractivity (Wildman–Crippen MR) is 92.6 cm³/mol. The Hall–Kier alpha value is -1.74. The van der Waals surface area contributed by atoms with Crippen molar-refractivity contribution in [2.75, 3.05) is 11.5 Å². The zero-order chi connectivity index (χ0) is 18.7. The topological polar surface area (TPSA) is 42.0 Å². The maximum atomic E-state index is 13.8. The minimum absolute atomic E-state index is 0.0205. The molecular weight excluding hydrogens is 388 g/mol. The van der Waals surface area contributed by atoms with E-state index < -0.39 is 11.7 Å². The van der Waals surface area contributed by atoms with Gasteiger partial charge in [-0.3, -0.25) is 4.79 Å². The maximum absolute atomic E-state index is 13.8. The molecule has 0 spiro atoms. The van der Waals surface area contributed by atoms with E-state index in [1.54, 1.807) is 12.1 Å². The van der Waals surface area contributed by atoms with E-state index in [9.17, 15) is 22.4 Å². The van der Waals surface area contributed by atoms with Gasteiger partial charge in [0.15, 0.2) is 0 Å². The number of benzene rings is 1. The SMILES string of the molecule is O=C(CSc1ccc(C(F)(F)F)cn1)N[C@@H]1CCSc2c(F)cccc21. The van der Waals surface area contributed by atoms with Crippen molar-refractivity contribution in [1.29, 1.82) is 0 Å². The second-order valence-corrected chi connectivity index (χ2v) is 7.69. The minimum atomic E-state index is -4.44. The third-order valence-electron chi connectivity index (χ3n) is 3.78. The summed E-state index contributed by atoms with van der Waals surface area (Å²) in [6.45, 7) is 0. The molecular formula is C17H14F4N2OS2. The van der Waals surface area contributed by atoms with Gasteiger partial charge in [-0.15, -0.1) is 11.8 Å². The largest absolute Gasteiger partial charge is 0.417 e. The average molecular weight is 402 g/mol. The molecule has 1 aliphatic rings. The first-order chi connectivity index (χ1) is 12.3. The fraction of sp³-hybridized carbons (Fsp3) is 0.294. The zero-order valence-corrected chi connectivity index (χ0v) is 15.0. The first-order valence-corrected chi connectivity index (χ1v) is 9.68. The Balaban J connectivity index is 1.58. The third-order valence-corrected chi connectivity index (χ3v) is 5.88. The molecule has 0 bridgehead atoms. The van der Waals surface area contributed by atoms with E-state index in [0.29, 0.717) is 22.1 Å². The molecule has 3 rings (SSSR count). The standard InChI is InChI=1S/C17H14F4N2OS2/c18-12-3-1-2-11-13(6-7-25-16(11)12)23-14(24)9-26-15-5-4-10(8-22-15)17(19,20)21/h1-5,8,13H,6-7,9H2,(H,23,24)/t13-/m1/s1. The number of hydrogen-bond donors (Lipinski definition) is 1. The molecule has 0 aliphatic carbocycles. The monoisotopic (exact) mass is 402 g/mol. The smallest absolute Gasteiger partial charge is 0.348 e. The molecule has 1 amide bonds. The van der Waals surface area contributed by atoms with Crippen molar-refractivity contribution < 1.29 is 22.4 Å². The molecule has 1 aliphatic heterocycles. The molecule has 0 unspecified atom stereocenters. The number of nitrogens with one attached hydrogen (secondary N) is 1. The highest BCUT2D eigenvalue weighted by molar-refractivity contribution is 8.00.